The first-order valence-electron chi connectivity index (χ1n) is 9.44. The predicted octanol–water partition coefficient (Wildman–Crippen LogP) is 4.27. The van der Waals surface area contributed by atoms with Crippen LogP contribution in [-0.4, -0.2) is 31.1 Å². The van der Waals surface area contributed by atoms with Crippen LogP contribution in [0.25, 0.3) is 6.08 Å². The van der Waals surface area contributed by atoms with E-state index in [0.717, 1.165) is 5.56 Å². The highest BCUT2D eigenvalue weighted by Gasteiger charge is 2.15. The van der Waals surface area contributed by atoms with Gasteiger partial charge in [-0.3, -0.25) is 9.59 Å². The molecule has 0 fully saturated rings. The molecule has 2 aromatic rings. The van der Waals surface area contributed by atoms with Crippen molar-refractivity contribution in [1.82, 2.24) is 5.32 Å². The van der Waals surface area contributed by atoms with Crippen LogP contribution in [0.4, 0.5) is 5.69 Å². The number of anilines is 1. The van der Waals surface area contributed by atoms with E-state index in [1.807, 2.05) is 33.8 Å². The normalized spacial score (nSPS) is 11.2. The molecule has 2 amide bonds. The molecule has 0 atom stereocenters. The molecule has 0 aliphatic rings. The minimum Gasteiger partial charge on any atom is -0.493 e. The minimum absolute atomic E-state index is 0.153. The van der Waals surface area contributed by atoms with E-state index < -0.39 is 0 Å². The Hall–Kier alpha value is -3.28. The highest BCUT2D eigenvalue weighted by atomic mass is 16.5. The van der Waals surface area contributed by atoms with Gasteiger partial charge in [0.15, 0.2) is 11.5 Å². The molecule has 0 bridgehead atoms. The van der Waals surface area contributed by atoms with E-state index >= 15 is 0 Å². The summed E-state index contributed by atoms with van der Waals surface area (Å²) in [5, 5.41) is 5.67. The maximum atomic E-state index is 12.2. The summed E-state index contributed by atoms with van der Waals surface area (Å²) >= 11 is 0. The first-order valence-corrected chi connectivity index (χ1v) is 9.44. The van der Waals surface area contributed by atoms with E-state index in [9.17, 15) is 9.59 Å². The van der Waals surface area contributed by atoms with Gasteiger partial charge in [0.25, 0.3) is 5.91 Å². The Labute approximate surface area is 171 Å². The molecule has 2 rings (SSSR count). The fraction of sp³-hybridized carbons (Fsp3) is 0.304. The second-order valence-corrected chi connectivity index (χ2v) is 7.45. The quantitative estimate of drug-likeness (QED) is 0.685. The molecule has 0 aliphatic heterocycles. The molecular weight excluding hydrogens is 368 g/mol. The van der Waals surface area contributed by atoms with E-state index in [1.165, 1.54) is 6.08 Å². The third kappa shape index (κ3) is 6.99. The van der Waals surface area contributed by atoms with E-state index in [0.29, 0.717) is 29.4 Å². The van der Waals surface area contributed by atoms with Gasteiger partial charge < -0.3 is 20.1 Å². The average Bonchev–Trinajstić information content (AvgIpc) is 2.66. The molecular formula is C23H28N2O4. The number of rotatable bonds is 7. The molecule has 6 heteroatoms. The van der Waals surface area contributed by atoms with Crippen molar-refractivity contribution in [3.63, 3.8) is 0 Å². The van der Waals surface area contributed by atoms with Crippen molar-refractivity contribution in [3.05, 3.63) is 59.7 Å². The highest BCUT2D eigenvalue weighted by Crippen LogP contribution is 2.28. The number of methoxy groups -OCH3 is 1. The van der Waals surface area contributed by atoms with Crippen LogP contribution in [-0.2, 0) is 4.79 Å². The highest BCUT2D eigenvalue weighted by molar-refractivity contribution is 6.02. The molecule has 0 saturated heterocycles. The zero-order valence-corrected chi connectivity index (χ0v) is 17.5. The largest absolute Gasteiger partial charge is 0.493 e. The van der Waals surface area contributed by atoms with Gasteiger partial charge in [-0.1, -0.05) is 6.07 Å². The Bertz CT molecular complexity index is 881. The minimum atomic E-state index is -0.307. The van der Waals surface area contributed by atoms with Crippen molar-refractivity contribution >= 4 is 23.6 Å². The van der Waals surface area contributed by atoms with Gasteiger partial charge in [-0.05, 0) is 75.7 Å². The van der Waals surface area contributed by atoms with Crippen LogP contribution >= 0.6 is 0 Å². The van der Waals surface area contributed by atoms with Gasteiger partial charge in [0.2, 0.25) is 5.91 Å². The number of carbonyl (C=O) groups is 2. The predicted molar refractivity (Wildman–Crippen MR) is 115 cm³/mol. The number of amides is 2. The lowest BCUT2D eigenvalue weighted by atomic mass is 10.1. The monoisotopic (exact) mass is 396 g/mol. The summed E-state index contributed by atoms with van der Waals surface area (Å²) in [4.78, 5) is 24.3. The molecule has 0 unspecified atom stereocenters. The molecule has 154 valence electrons. The first-order chi connectivity index (χ1) is 13.7. The third-order valence-electron chi connectivity index (χ3n) is 3.82. The lowest BCUT2D eigenvalue weighted by molar-refractivity contribution is -0.111. The van der Waals surface area contributed by atoms with Crippen molar-refractivity contribution in [3.8, 4) is 11.5 Å². The van der Waals surface area contributed by atoms with Crippen LogP contribution in [0.3, 0.4) is 0 Å². The van der Waals surface area contributed by atoms with Gasteiger partial charge in [0, 0.05) is 22.9 Å². The molecule has 6 nitrogen and oxygen atoms in total. The van der Waals surface area contributed by atoms with Crippen molar-refractivity contribution < 1.29 is 19.1 Å². The molecule has 0 radical (unpaired) electrons. The summed E-state index contributed by atoms with van der Waals surface area (Å²) in [7, 11) is 1.57. The molecule has 29 heavy (non-hydrogen) atoms. The standard InChI is InChI=1S/C23H28N2O4/c1-6-29-19-13-7-16(15-20(19)28-5)8-14-21(26)24-18-11-9-17(10-12-18)22(27)25-23(2,3)4/h7-15H,6H2,1-5H3,(H,24,26)(H,25,27)/b14-8+. The van der Waals surface area contributed by atoms with E-state index in [4.69, 9.17) is 9.47 Å². The van der Waals surface area contributed by atoms with Gasteiger partial charge in [0.1, 0.15) is 0 Å². The first kappa shape index (κ1) is 22.0. The number of hydrogen-bond acceptors (Lipinski definition) is 4. The molecule has 2 N–H and O–H groups in total. The maximum Gasteiger partial charge on any atom is 0.251 e. The van der Waals surface area contributed by atoms with Gasteiger partial charge in [-0.2, -0.15) is 0 Å². The van der Waals surface area contributed by atoms with E-state index in [-0.39, 0.29) is 17.4 Å². The second kappa shape index (κ2) is 9.78. The van der Waals surface area contributed by atoms with Crippen molar-refractivity contribution in [1.29, 1.82) is 0 Å². The van der Waals surface area contributed by atoms with Crippen LogP contribution in [0.2, 0.25) is 0 Å². The number of carbonyl (C=O) groups excluding carboxylic acids is 2. The summed E-state index contributed by atoms with van der Waals surface area (Å²) in [5.41, 5.74) is 1.65. The average molecular weight is 396 g/mol. The number of nitrogens with one attached hydrogen (secondary N) is 2. The van der Waals surface area contributed by atoms with Crippen molar-refractivity contribution in [2.45, 2.75) is 33.2 Å². The fourth-order valence-corrected chi connectivity index (χ4v) is 2.54. The Morgan fingerprint density at radius 3 is 2.31 bits per heavy atom. The molecule has 0 saturated carbocycles. The fourth-order valence-electron chi connectivity index (χ4n) is 2.54. The third-order valence-corrected chi connectivity index (χ3v) is 3.82. The van der Waals surface area contributed by atoms with Crippen LogP contribution in [0.5, 0.6) is 11.5 Å². The number of hydrogen-bond donors (Lipinski definition) is 2. The second-order valence-electron chi connectivity index (χ2n) is 7.45. The Morgan fingerprint density at radius 1 is 1.03 bits per heavy atom. The maximum absolute atomic E-state index is 12.2. The molecule has 0 spiro atoms. The smallest absolute Gasteiger partial charge is 0.251 e. The SMILES string of the molecule is CCOc1ccc(/C=C/C(=O)Nc2ccc(C(=O)NC(C)(C)C)cc2)cc1OC. The van der Waals surface area contributed by atoms with Gasteiger partial charge in [0.05, 0.1) is 13.7 Å². The van der Waals surface area contributed by atoms with E-state index in [2.05, 4.69) is 10.6 Å². The van der Waals surface area contributed by atoms with Crippen LogP contribution in [0.1, 0.15) is 43.6 Å². The summed E-state index contributed by atoms with van der Waals surface area (Å²) in [6.07, 6.45) is 3.13. The number of ether oxygens (including phenoxy) is 2. The van der Waals surface area contributed by atoms with Crippen LogP contribution in [0.15, 0.2) is 48.5 Å². The number of benzene rings is 2. The van der Waals surface area contributed by atoms with Gasteiger partial charge in [-0.15, -0.1) is 0 Å². The van der Waals surface area contributed by atoms with E-state index in [1.54, 1.807) is 49.6 Å². The zero-order valence-electron chi connectivity index (χ0n) is 17.5. The summed E-state index contributed by atoms with van der Waals surface area (Å²) in [5.74, 6) is 0.843. The Kier molecular flexibility index (Phi) is 7.42. The van der Waals surface area contributed by atoms with Gasteiger partial charge in [-0.25, -0.2) is 0 Å². The molecule has 0 aromatic heterocycles. The molecule has 0 aliphatic carbocycles. The zero-order chi connectivity index (χ0) is 21.4. The topological polar surface area (TPSA) is 76.7 Å². The van der Waals surface area contributed by atoms with Crippen LogP contribution in [0, 0.1) is 0 Å². The van der Waals surface area contributed by atoms with Crippen molar-refractivity contribution in [2.75, 3.05) is 19.0 Å². The van der Waals surface area contributed by atoms with Crippen LogP contribution < -0.4 is 20.1 Å². The Balaban J connectivity index is 1.99. The lowest BCUT2D eigenvalue weighted by Crippen LogP contribution is -2.40. The summed E-state index contributed by atoms with van der Waals surface area (Å²) < 4.78 is 10.8. The summed E-state index contributed by atoms with van der Waals surface area (Å²) in [6.45, 7) is 8.22. The van der Waals surface area contributed by atoms with Gasteiger partial charge >= 0.3 is 0 Å². The summed E-state index contributed by atoms with van der Waals surface area (Å²) in [6, 6.07) is 12.2. The molecule has 0 heterocycles. The molecule has 2 aromatic carbocycles. The van der Waals surface area contributed by atoms with Crippen molar-refractivity contribution in [2.24, 2.45) is 0 Å². The lowest BCUT2D eigenvalue weighted by Gasteiger charge is -2.20. The Morgan fingerprint density at radius 2 is 1.72 bits per heavy atom.